The normalized spacial score (nSPS) is 8.43. The van der Waals surface area contributed by atoms with Crippen LogP contribution in [0.1, 0.15) is 0 Å². The largest absolute Gasteiger partial charge is 0.273 e. The molecular weight excluding hydrogens is 227 g/mol. The van der Waals surface area contributed by atoms with E-state index in [1.54, 1.807) is 0 Å². The van der Waals surface area contributed by atoms with Crippen molar-refractivity contribution in [2.24, 2.45) is 5.84 Å². The summed E-state index contributed by atoms with van der Waals surface area (Å²) in [7, 11) is 0. The average molecular weight is 232 g/mol. The molecule has 0 rings (SSSR count). The number of hydrogen-bond donors (Lipinski definition) is 2. The lowest BCUT2D eigenvalue weighted by Gasteiger charge is -2.05. The van der Waals surface area contributed by atoms with E-state index in [0.29, 0.717) is 14.6 Å². The summed E-state index contributed by atoms with van der Waals surface area (Å²) in [6.45, 7) is 0. The quantitative estimate of drug-likeness (QED) is 0.224. The Bertz CT molecular complexity index is 76.1. The third kappa shape index (κ3) is 3.15. The summed E-state index contributed by atoms with van der Waals surface area (Å²) in [5.74, 6) is 4.79. The van der Waals surface area contributed by atoms with E-state index < -0.39 is 0 Å². The molecule has 0 unspecified atom stereocenters. The van der Waals surface area contributed by atoms with E-state index in [0.717, 1.165) is 0 Å². The fraction of sp³-hybridized carbons (Fsp3) is 0.500. The lowest BCUT2D eigenvalue weighted by atomic mass is 10.8. The van der Waals surface area contributed by atoms with Gasteiger partial charge in [0.05, 0.1) is 4.43 Å². The van der Waals surface area contributed by atoms with Crippen LogP contribution in [0.5, 0.6) is 0 Å². The molecule has 0 fully saturated rings. The van der Waals surface area contributed by atoms with Crippen molar-refractivity contribution in [1.29, 1.82) is 0 Å². The molecule has 3 N–H and O–H groups in total. The van der Waals surface area contributed by atoms with Crippen LogP contribution in [0.25, 0.3) is 0 Å². The van der Waals surface area contributed by atoms with Gasteiger partial charge in [0, 0.05) is 0 Å². The van der Waals surface area contributed by atoms with Crippen LogP contribution in [0.4, 0.5) is 0 Å². The zero-order chi connectivity index (χ0) is 5.86. The van der Waals surface area contributed by atoms with E-state index in [1.165, 1.54) is 0 Å². The Morgan fingerprint density at radius 2 is 2.43 bits per heavy atom. The highest BCUT2D eigenvalue weighted by molar-refractivity contribution is 14.1. The van der Waals surface area contributed by atoms with E-state index in [1.807, 2.05) is 22.6 Å². The van der Waals surface area contributed by atoms with E-state index in [9.17, 15) is 0 Å². The Morgan fingerprint density at radius 1 is 2.00 bits per heavy atom. The standard InChI is InChI=1S/C2H5IN2OS/c3-1-2(7)5(4)6/h6H,1,4H2. The monoisotopic (exact) mass is 232 g/mol. The number of thiocarbonyl (C=S) groups is 1. The minimum atomic E-state index is 0.334. The molecule has 0 aliphatic heterocycles. The fourth-order valence-electron chi connectivity index (χ4n) is 0.0612. The van der Waals surface area contributed by atoms with Crippen molar-refractivity contribution in [3.8, 4) is 0 Å². The lowest BCUT2D eigenvalue weighted by Crippen LogP contribution is -2.33. The van der Waals surface area contributed by atoms with Gasteiger partial charge in [0.1, 0.15) is 4.99 Å². The smallest absolute Gasteiger partial charge is 0.131 e. The summed E-state index contributed by atoms with van der Waals surface area (Å²) < 4.78 is 0.570. The second-order valence-electron chi connectivity index (χ2n) is 0.872. The van der Waals surface area contributed by atoms with Gasteiger partial charge in [-0.05, 0) is 0 Å². The maximum Gasteiger partial charge on any atom is 0.131 e. The molecule has 0 saturated carbocycles. The van der Waals surface area contributed by atoms with Crippen LogP contribution >= 0.6 is 34.8 Å². The molecule has 0 atom stereocenters. The first-order valence-electron chi connectivity index (χ1n) is 1.51. The van der Waals surface area contributed by atoms with E-state index in [4.69, 9.17) is 11.0 Å². The van der Waals surface area contributed by atoms with E-state index in [2.05, 4.69) is 12.2 Å². The molecular formula is C2H5IN2OS. The molecule has 0 radical (unpaired) electrons. The zero-order valence-electron chi connectivity index (χ0n) is 3.47. The maximum atomic E-state index is 8.29. The highest BCUT2D eigenvalue weighted by atomic mass is 127. The van der Waals surface area contributed by atoms with Crippen LogP contribution in [-0.2, 0) is 0 Å². The van der Waals surface area contributed by atoms with Gasteiger partial charge in [-0.3, -0.25) is 5.21 Å². The van der Waals surface area contributed by atoms with Crippen molar-refractivity contribution >= 4 is 39.8 Å². The van der Waals surface area contributed by atoms with Gasteiger partial charge in [-0.25, -0.2) is 5.84 Å². The fourth-order valence-corrected chi connectivity index (χ4v) is 0.411. The molecule has 0 amide bonds. The Kier molecular flexibility index (Phi) is 3.80. The van der Waals surface area contributed by atoms with Crippen LogP contribution < -0.4 is 5.84 Å². The molecule has 0 aliphatic rings. The van der Waals surface area contributed by atoms with Gasteiger partial charge in [-0.2, -0.15) is 5.17 Å². The van der Waals surface area contributed by atoms with Crippen molar-refractivity contribution in [3.63, 3.8) is 0 Å². The van der Waals surface area contributed by atoms with E-state index >= 15 is 0 Å². The molecule has 0 heterocycles. The van der Waals surface area contributed by atoms with Crippen LogP contribution in [0.2, 0.25) is 0 Å². The van der Waals surface area contributed by atoms with E-state index in [-0.39, 0.29) is 0 Å². The second kappa shape index (κ2) is 3.53. The average Bonchev–Trinajstić information content (AvgIpc) is 1.65. The number of hydrazine groups is 1. The molecule has 42 valence electrons. The van der Waals surface area contributed by atoms with Crippen LogP contribution in [-0.4, -0.2) is 19.8 Å². The van der Waals surface area contributed by atoms with Gasteiger partial charge in [-0.15, -0.1) is 0 Å². The molecule has 0 saturated heterocycles. The van der Waals surface area contributed by atoms with Crippen molar-refractivity contribution in [2.75, 3.05) is 4.43 Å². The number of hydroxylamine groups is 1. The lowest BCUT2D eigenvalue weighted by molar-refractivity contribution is -0.0127. The SMILES string of the molecule is NN(O)C(=S)CI. The highest BCUT2D eigenvalue weighted by Gasteiger charge is 1.94. The number of alkyl halides is 1. The first-order chi connectivity index (χ1) is 3.18. The summed E-state index contributed by atoms with van der Waals surface area (Å²) in [4.78, 5) is 0.334. The van der Waals surface area contributed by atoms with Gasteiger partial charge in [0.15, 0.2) is 0 Å². The highest BCUT2D eigenvalue weighted by Crippen LogP contribution is 1.86. The van der Waals surface area contributed by atoms with Crippen molar-refractivity contribution in [3.05, 3.63) is 0 Å². The molecule has 0 aliphatic carbocycles. The first kappa shape index (κ1) is 7.54. The topological polar surface area (TPSA) is 49.5 Å². The Hall–Kier alpha value is 0.540. The second-order valence-corrected chi connectivity index (χ2v) is 2.11. The van der Waals surface area contributed by atoms with Crippen LogP contribution in [0, 0.1) is 0 Å². The third-order valence-corrected chi connectivity index (χ3v) is 1.94. The van der Waals surface area contributed by atoms with Gasteiger partial charge in [0.25, 0.3) is 0 Å². The van der Waals surface area contributed by atoms with Gasteiger partial charge >= 0.3 is 0 Å². The van der Waals surface area contributed by atoms with Crippen LogP contribution in [0.15, 0.2) is 0 Å². The third-order valence-electron chi connectivity index (χ3n) is 0.370. The molecule has 3 nitrogen and oxygen atoms in total. The zero-order valence-corrected chi connectivity index (χ0v) is 6.44. The van der Waals surface area contributed by atoms with Crippen LogP contribution in [0.3, 0.4) is 0 Å². The predicted molar refractivity (Wildman–Crippen MR) is 39.3 cm³/mol. The minimum absolute atomic E-state index is 0.334. The number of rotatable bonds is 1. The Labute approximate surface area is 60.5 Å². The molecule has 0 spiro atoms. The summed E-state index contributed by atoms with van der Waals surface area (Å²) >= 11 is 6.53. The number of halogens is 1. The molecule has 0 bridgehead atoms. The predicted octanol–water partition coefficient (Wildman–Crippen LogP) is 0.314. The number of nitrogens with two attached hydrogens (primary N) is 1. The van der Waals surface area contributed by atoms with Crippen molar-refractivity contribution in [1.82, 2.24) is 5.17 Å². The van der Waals surface area contributed by atoms with Gasteiger partial charge < -0.3 is 0 Å². The van der Waals surface area contributed by atoms with Crippen molar-refractivity contribution in [2.45, 2.75) is 0 Å². The molecule has 0 aromatic rings. The molecule has 5 heteroatoms. The Balaban J connectivity index is 3.35. The van der Waals surface area contributed by atoms with Gasteiger partial charge in [-0.1, -0.05) is 34.8 Å². The minimum Gasteiger partial charge on any atom is -0.273 e. The molecule has 0 aromatic carbocycles. The summed E-state index contributed by atoms with van der Waals surface area (Å²) in [6, 6.07) is 0. The van der Waals surface area contributed by atoms with Gasteiger partial charge in [0.2, 0.25) is 0 Å². The Morgan fingerprint density at radius 3 is 2.43 bits per heavy atom. The maximum absolute atomic E-state index is 8.29. The summed E-state index contributed by atoms with van der Waals surface area (Å²) in [5.41, 5.74) is 0. The number of nitrogens with zero attached hydrogens (tertiary/aromatic N) is 1. The molecule has 7 heavy (non-hydrogen) atoms. The number of hydrogen-bond acceptors (Lipinski definition) is 3. The van der Waals surface area contributed by atoms with Crippen molar-refractivity contribution < 1.29 is 5.21 Å². The first-order valence-corrected chi connectivity index (χ1v) is 3.44. The summed E-state index contributed by atoms with van der Waals surface area (Å²) in [5, 5.41) is 8.73. The molecule has 0 aromatic heterocycles. The summed E-state index contributed by atoms with van der Waals surface area (Å²) in [6.07, 6.45) is 0.